The lowest BCUT2D eigenvalue weighted by Gasteiger charge is -2.19. The monoisotopic (exact) mass is 399 g/mol. The molecule has 0 atom stereocenters. The lowest BCUT2D eigenvalue weighted by atomic mass is 9.87. The van der Waals surface area contributed by atoms with Crippen LogP contribution >= 0.6 is 12.2 Å². The molecule has 0 spiro atoms. The Balaban J connectivity index is 1.76. The molecule has 7 heteroatoms. The van der Waals surface area contributed by atoms with E-state index >= 15 is 0 Å². The zero-order valence-corrected chi connectivity index (χ0v) is 17.3. The summed E-state index contributed by atoms with van der Waals surface area (Å²) in [4.78, 5) is 24.0. The van der Waals surface area contributed by atoms with Gasteiger partial charge < -0.3 is 4.74 Å². The predicted molar refractivity (Wildman–Crippen MR) is 113 cm³/mol. The average molecular weight is 400 g/mol. The SMILES string of the molecule is Cc1cccc(OCC(=O)NC(=S)NNC(=O)c2ccc(C(C)(C)C)cc2)c1. The smallest absolute Gasteiger partial charge is 0.269 e. The number of nitrogens with one attached hydrogen (secondary N) is 3. The standard InChI is InChI=1S/C21H25N3O3S/c1-14-6-5-7-17(12-14)27-13-18(25)22-20(28)24-23-19(26)15-8-10-16(11-9-15)21(2,3)4/h5-12H,13H2,1-4H3,(H,23,26)(H2,22,24,25,28). The Hall–Kier alpha value is -2.93. The van der Waals surface area contributed by atoms with Gasteiger partial charge in [0.05, 0.1) is 0 Å². The number of aryl methyl sites for hydroxylation is 1. The summed E-state index contributed by atoms with van der Waals surface area (Å²) in [6.07, 6.45) is 0. The van der Waals surface area contributed by atoms with E-state index in [4.69, 9.17) is 17.0 Å². The lowest BCUT2D eigenvalue weighted by molar-refractivity contribution is -0.121. The second-order valence-electron chi connectivity index (χ2n) is 7.39. The minimum atomic E-state index is -0.428. The van der Waals surface area contributed by atoms with Gasteiger partial charge in [0.25, 0.3) is 11.8 Å². The first-order valence-corrected chi connectivity index (χ1v) is 9.26. The molecule has 0 heterocycles. The number of carbonyl (C=O) groups excluding carboxylic acids is 2. The fourth-order valence-electron chi connectivity index (χ4n) is 2.36. The van der Waals surface area contributed by atoms with Crippen molar-refractivity contribution in [1.82, 2.24) is 16.2 Å². The van der Waals surface area contributed by atoms with Gasteiger partial charge in [0.1, 0.15) is 5.75 Å². The maximum absolute atomic E-state index is 12.2. The molecule has 0 saturated carbocycles. The zero-order valence-electron chi connectivity index (χ0n) is 16.5. The van der Waals surface area contributed by atoms with Gasteiger partial charge in [-0.2, -0.15) is 0 Å². The van der Waals surface area contributed by atoms with Crippen molar-refractivity contribution in [1.29, 1.82) is 0 Å². The molecule has 28 heavy (non-hydrogen) atoms. The van der Waals surface area contributed by atoms with E-state index in [-0.39, 0.29) is 23.0 Å². The van der Waals surface area contributed by atoms with E-state index in [1.807, 2.05) is 37.3 Å². The van der Waals surface area contributed by atoms with Crippen LogP contribution < -0.4 is 20.9 Å². The summed E-state index contributed by atoms with van der Waals surface area (Å²) in [5.74, 6) is -0.183. The molecule has 0 aromatic heterocycles. The molecule has 2 aromatic carbocycles. The Bertz CT molecular complexity index is 858. The van der Waals surface area contributed by atoms with Crippen LogP contribution in [0.3, 0.4) is 0 Å². The number of rotatable bonds is 4. The van der Waals surface area contributed by atoms with Gasteiger partial charge in [0.15, 0.2) is 11.7 Å². The second kappa shape index (κ2) is 9.32. The summed E-state index contributed by atoms with van der Waals surface area (Å²) < 4.78 is 5.40. The van der Waals surface area contributed by atoms with E-state index < -0.39 is 5.91 Å². The molecule has 0 aliphatic rings. The first-order valence-electron chi connectivity index (χ1n) is 8.85. The molecule has 3 N–H and O–H groups in total. The number of carbonyl (C=O) groups is 2. The van der Waals surface area contributed by atoms with Crippen molar-refractivity contribution in [2.45, 2.75) is 33.1 Å². The predicted octanol–water partition coefficient (Wildman–Crippen LogP) is 3.01. The molecular formula is C21H25N3O3S. The van der Waals surface area contributed by atoms with Crippen LogP contribution in [0.15, 0.2) is 48.5 Å². The van der Waals surface area contributed by atoms with Gasteiger partial charge in [-0.05, 0) is 59.9 Å². The number of benzene rings is 2. The third kappa shape index (κ3) is 6.66. The molecule has 0 aliphatic carbocycles. The van der Waals surface area contributed by atoms with Crippen molar-refractivity contribution in [3.63, 3.8) is 0 Å². The molecular weight excluding hydrogens is 374 g/mol. The first kappa shape index (κ1) is 21.4. The van der Waals surface area contributed by atoms with Crippen LogP contribution in [0.5, 0.6) is 5.75 Å². The number of hydrogen-bond donors (Lipinski definition) is 3. The van der Waals surface area contributed by atoms with E-state index in [9.17, 15) is 9.59 Å². The van der Waals surface area contributed by atoms with Crippen LogP contribution in [0.1, 0.15) is 42.3 Å². The summed E-state index contributed by atoms with van der Waals surface area (Å²) in [6, 6.07) is 14.7. The van der Waals surface area contributed by atoms with Crippen LogP contribution in [-0.4, -0.2) is 23.5 Å². The van der Waals surface area contributed by atoms with Crippen molar-refractivity contribution in [3.8, 4) is 5.75 Å². The summed E-state index contributed by atoms with van der Waals surface area (Å²) in [5, 5.41) is 2.43. The topological polar surface area (TPSA) is 79.5 Å². The Kier molecular flexibility index (Phi) is 7.12. The van der Waals surface area contributed by atoms with Gasteiger partial charge in [0.2, 0.25) is 0 Å². The molecule has 0 radical (unpaired) electrons. The van der Waals surface area contributed by atoms with E-state index in [0.29, 0.717) is 11.3 Å². The van der Waals surface area contributed by atoms with Crippen molar-refractivity contribution in [3.05, 3.63) is 65.2 Å². The van der Waals surface area contributed by atoms with E-state index in [1.165, 1.54) is 0 Å². The number of hydrazine groups is 1. The highest BCUT2D eigenvalue weighted by atomic mass is 32.1. The zero-order chi connectivity index (χ0) is 20.7. The van der Waals surface area contributed by atoms with Gasteiger partial charge in [-0.1, -0.05) is 45.0 Å². The molecule has 6 nitrogen and oxygen atoms in total. The fraction of sp³-hybridized carbons (Fsp3) is 0.286. The molecule has 0 saturated heterocycles. The van der Waals surface area contributed by atoms with Crippen LogP contribution in [0.25, 0.3) is 0 Å². The molecule has 0 unspecified atom stereocenters. The minimum absolute atomic E-state index is 0.0135. The number of hydrogen-bond acceptors (Lipinski definition) is 4. The van der Waals surface area contributed by atoms with Gasteiger partial charge in [-0.3, -0.25) is 25.8 Å². The number of thiocarbonyl (C=S) groups is 1. The van der Waals surface area contributed by atoms with E-state index in [1.54, 1.807) is 18.2 Å². The third-order valence-corrected chi connectivity index (χ3v) is 4.12. The highest BCUT2D eigenvalue weighted by molar-refractivity contribution is 7.80. The van der Waals surface area contributed by atoms with Crippen molar-refractivity contribution < 1.29 is 14.3 Å². The summed E-state index contributed by atoms with van der Waals surface area (Å²) in [5.41, 5.74) is 7.63. The Morgan fingerprint density at radius 3 is 2.32 bits per heavy atom. The van der Waals surface area contributed by atoms with Gasteiger partial charge in [-0.25, -0.2) is 0 Å². The van der Waals surface area contributed by atoms with Crippen LogP contribution in [0.2, 0.25) is 0 Å². The molecule has 2 rings (SSSR count). The normalized spacial score (nSPS) is 10.7. The highest BCUT2D eigenvalue weighted by Gasteiger charge is 2.14. The Labute approximate surface area is 170 Å². The van der Waals surface area contributed by atoms with Gasteiger partial charge in [0, 0.05) is 5.56 Å². The third-order valence-electron chi connectivity index (χ3n) is 3.92. The van der Waals surface area contributed by atoms with Crippen molar-refractivity contribution in [2.75, 3.05) is 6.61 Å². The summed E-state index contributed by atoms with van der Waals surface area (Å²) >= 11 is 5.01. The van der Waals surface area contributed by atoms with E-state index in [2.05, 4.69) is 36.9 Å². The van der Waals surface area contributed by atoms with Crippen LogP contribution in [0, 0.1) is 6.92 Å². The quantitative estimate of drug-likeness (QED) is 0.544. The molecule has 2 aromatic rings. The van der Waals surface area contributed by atoms with Crippen LogP contribution in [0.4, 0.5) is 0 Å². The second-order valence-corrected chi connectivity index (χ2v) is 7.80. The van der Waals surface area contributed by atoms with Crippen molar-refractivity contribution >= 4 is 29.1 Å². The van der Waals surface area contributed by atoms with Gasteiger partial charge in [-0.15, -0.1) is 0 Å². The molecule has 0 aliphatic heterocycles. The largest absolute Gasteiger partial charge is 0.484 e. The first-order chi connectivity index (χ1) is 13.1. The van der Waals surface area contributed by atoms with Gasteiger partial charge >= 0.3 is 0 Å². The maximum Gasteiger partial charge on any atom is 0.269 e. The summed E-state index contributed by atoms with van der Waals surface area (Å²) in [7, 11) is 0. The number of amides is 2. The van der Waals surface area contributed by atoms with Crippen LogP contribution in [-0.2, 0) is 10.2 Å². The maximum atomic E-state index is 12.2. The van der Waals surface area contributed by atoms with Crippen molar-refractivity contribution in [2.24, 2.45) is 0 Å². The molecule has 0 fully saturated rings. The lowest BCUT2D eigenvalue weighted by Crippen LogP contribution is -2.49. The Morgan fingerprint density at radius 1 is 1.04 bits per heavy atom. The molecule has 148 valence electrons. The molecule has 2 amide bonds. The highest BCUT2D eigenvalue weighted by Crippen LogP contribution is 2.22. The Morgan fingerprint density at radius 2 is 1.71 bits per heavy atom. The van der Waals surface area contributed by atoms with E-state index in [0.717, 1.165) is 11.1 Å². The summed E-state index contributed by atoms with van der Waals surface area (Å²) in [6.45, 7) is 8.06. The average Bonchev–Trinajstić information content (AvgIpc) is 2.64. The number of ether oxygens (including phenoxy) is 1. The fourth-order valence-corrected chi connectivity index (χ4v) is 2.52. The minimum Gasteiger partial charge on any atom is -0.484 e. The molecule has 0 bridgehead atoms.